The van der Waals surface area contributed by atoms with E-state index < -0.39 is 5.60 Å². The van der Waals surface area contributed by atoms with Crippen LogP contribution in [0.3, 0.4) is 0 Å². The van der Waals surface area contributed by atoms with Crippen LogP contribution < -0.4 is 4.90 Å². The molecule has 0 radical (unpaired) electrons. The Kier molecular flexibility index (Phi) is 5.36. The number of rotatable bonds is 2. The normalized spacial score (nSPS) is 20.3. The Hall–Kier alpha value is -2.24. The zero-order valence-corrected chi connectivity index (χ0v) is 17.1. The van der Waals surface area contributed by atoms with Gasteiger partial charge in [0.2, 0.25) is 0 Å². The number of fused-ring (bicyclic) bond motifs is 1. The van der Waals surface area contributed by atoms with E-state index in [9.17, 15) is 9.59 Å². The number of amides is 2. The van der Waals surface area contributed by atoms with Crippen molar-refractivity contribution in [2.45, 2.75) is 51.7 Å². The van der Waals surface area contributed by atoms with Crippen molar-refractivity contribution < 1.29 is 14.3 Å². The molecule has 148 valence electrons. The average molecular weight is 373 g/mol. The molecule has 0 N–H and O–H groups in total. The van der Waals surface area contributed by atoms with Gasteiger partial charge < -0.3 is 19.4 Å². The summed E-state index contributed by atoms with van der Waals surface area (Å²) in [6, 6.07) is 6.10. The molecule has 0 bridgehead atoms. The van der Waals surface area contributed by atoms with Gasteiger partial charge in [-0.05, 0) is 63.8 Å². The highest BCUT2D eigenvalue weighted by Crippen LogP contribution is 2.27. The van der Waals surface area contributed by atoms with E-state index >= 15 is 0 Å². The summed E-state index contributed by atoms with van der Waals surface area (Å²) >= 11 is 0. The molecule has 27 heavy (non-hydrogen) atoms. The van der Waals surface area contributed by atoms with Gasteiger partial charge in [-0.2, -0.15) is 0 Å². The van der Waals surface area contributed by atoms with Crippen molar-refractivity contribution in [2.75, 3.05) is 38.6 Å². The second kappa shape index (κ2) is 7.41. The van der Waals surface area contributed by atoms with Gasteiger partial charge in [-0.1, -0.05) is 0 Å². The number of anilines is 1. The van der Waals surface area contributed by atoms with Crippen molar-refractivity contribution in [2.24, 2.45) is 0 Å². The molecule has 2 aliphatic heterocycles. The summed E-state index contributed by atoms with van der Waals surface area (Å²) in [7, 11) is 4.01. The minimum absolute atomic E-state index is 0.0560. The Morgan fingerprint density at radius 2 is 1.96 bits per heavy atom. The van der Waals surface area contributed by atoms with Gasteiger partial charge in [0.25, 0.3) is 5.91 Å². The Bertz CT molecular complexity index is 724. The van der Waals surface area contributed by atoms with Crippen molar-refractivity contribution in [1.29, 1.82) is 0 Å². The molecule has 0 aliphatic carbocycles. The standard InChI is InChI=1S/C21H31N3O3/c1-21(2,3)27-20(26)23-11-6-7-17(14-23)24-12-10-15-13-16(22(4)5)8-9-18(15)19(24)25/h8-9,13,17H,6-7,10-12,14H2,1-5H3/t17-/m1/s1. The molecule has 1 aromatic rings. The zero-order chi connectivity index (χ0) is 19.8. The zero-order valence-electron chi connectivity index (χ0n) is 17.1. The number of hydrogen-bond donors (Lipinski definition) is 0. The lowest BCUT2D eigenvalue weighted by Gasteiger charge is -2.41. The number of likely N-dealkylation sites (tertiary alicyclic amines) is 1. The van der Waals surface area contributed by atoms with E-state index in [2.05, 4.69) is 11.0 Å². The van der Waals surface area contributed by atoms with E-state index in [4.69, 9.17) is 4.74 Å². The van der Waals surface area contributed by atoms with Gasteiger partial charge in [-0.15, -0.1) is 0 Å². The first-order valence-electron chi connectivity index (χ1n) is 9.75. The van der Waals surface area contributed by atoms with E-state index in [0.717, 1.165) is 36.1 Å². The van der Waals surface area contributed by atoms with E-state index in [1.54, 1.807) is 4.90 Å². The minimum Gasteiger partial charge on any atom is -0.444 e. The molecule has 1 aromatic carbocycles. The van der Waals surface area contributed by atoms with Crippen LogP contribution in [0.1, 0.15) is 49.5 Å². The quantitative estimate of drug-likeness (QED) is 0.799. The maximum Gasteiger partial charge on any atom is 0.410 e. The topological polar surface area (TPSA) is 53.1 Å². The number of ether oxygens (including phenoxy) is 1. The summed E-state index contributed by atoms with van der Waals surface area (Å²) in [6.07, 6.45) is 2.38. The molecule has 0 spiro atoms. The van der Waals surface area contributed by atoms with Gasteiger partial charge >= 0.3 is 6.09 Å². The lowest BCUT2D eigenvalue weighted by molar-refractivity contribution is 0.00995. The third-order valence-corrected chi connectivity index (χ3v) is 5.21. The monoisotopic (exact) mass is 373 g/mol. The summed E-state index contributed by atoms with van der Waals surface area (Å²) in [6.45, 7) is 7.57. The molecule has 1 saturated heterocycles. The van der Waals surface area contributed by atoms with Crippen molar-refractivity contribution in [3.8, 4) is 0 Å². The molecular weight excluding hydrogens is 342 g/mol. The second-order valence-electron chi connectivity index (χ2n) is 8.71. The van der Waals surface area contributed by atoms with Crippen LogP contribution in [0, 0.1) is 0 Å². The van der Waals surface area contributed by atoms with Crippen LogP contribution in [0.5, 0.6) is 0 Å². The highest BCUT2D eigenvalue weighted by molar-refractivity contribution is 5.97. The fourth-order valence-corrected chi connectivity index (χ4v) is 3.82. The molecular formula is C21H31N3O3. The van der Waals surface area contributed by atoms with Gasteiger partial charge in [-0.3, -0.25) is 4.79 Å². The lowest BCUT2D eigenvalue weighted by atomic mass is 9.94. The third-order valence-electron chi connectivity index (χ3n) is 5.21. The largest absolute Gasteiger partial charge is 0.444 e. The van der Waals surface area contributed by atoms with Crippen LogP contribution in [0.15, 0.2) is 18.2 Å². The molecule has 1 atom stereocenters. The van der Waals surface area contributed by atoms with E-state index in [1.807, 2.05) is 51.9 Å². The number of carbonyl (C=O) groups is 2. The molecule has 2 heterocycles. The predicted octanol–water partition coefficient (Wildman–Crippen LogP) is 3.15. The molecule has 2 amide bonds. The first-order chi connectivity index (χ1) is 12.7. The molecule has 6 nitrogen and oxygen atoms in total. The van der Waals surface area contributed by atoms with Gasteiger partial charge in [0.1, 0.15) is 5.60 Å². The molecule has 0 unspecified atom stereocenters. The summed E-state index contributed by atoms with van der Waals surface area (Å²) < 4.78 is 5.51. The highest BCUT2D eigenvalue weighted by atomic mass is 16.6. The van der Waals surface area contributed by atoms with Crippen molar-refractivity contribution >= 4 is 17.7 Å². The maximum atomic E-state index is 13.1. The van der Waals surface area contributed by atoms with Crippen LogP contribution in [0.25, 0.3) is 0 Å². The number of nitrogens with zero attached hydrogens (tertiary/aromatic N) is 3. The Labute approximate surface area is 162 Å². The highest BCUT2D eigenvalue weighted by Gasteiger charge is 2.35. The van der Waals surface area contributed by atoms with Crippen molar-refractivity contribution in [1.82, 2.24) is 9.80 Å². The summed E-state index contributed by atoms with van der Waals surface area (Å²) in [5.74, 6) is 0.0811. The average Bonchev–Trinajstić information content (AvgIpc) is 2.60. The van der Waals surface area contributed by atoms with Crippen LogP contribution in [-0.2, 0) is 11.2 Å². The molecule has 3 rings (SSSR count). The smallest absolute Gasteiger partial charge is 0.410 e. The SMILES string of the molecule is CN(C)c1ccc2c(c1)CCN([C@@H]1CCCN(C(=O)OC(C)(C)C)C1)C2=O. The molecule has 0 aromatic heterocycles. The van der Waals surface area contributed by atoms with Crippen LogP contribution in [0.2, 0.25) is 0 Å². The van der Waals surface area contributed by atoms with Crippen LogP contribution in [-0.4, -0.2) is 67.2 Å². The molecule has 1 fully saturated rings. The van der Waals surface area contributed by atoms with E-state index in [1.165, 1.54) is 0 Å². The number of carbonyl (C=O) groups excluding carboxylic acids is 2. The lowest BCUT2D eigenvalue weighted by Crippen LogP contribution is -2.54. The number of benzene rings is 1. The maximum absolute atomic E-state index is 13.1. The first-order valence-corrected chi connectivity index (χ1v) is 9.75. The Morgan fingerprint density at radius 1 is 1.22 bits per heavy atom. The molecule has 6 heteroatoms. The minimum atomic E-state index is -0.506. The van der Waals surface area contributed by atoms with Crippen molar-refractivity contribution in [3.63, 3.8) is 0 Å². The molecule has 0 saturated carbocycles. The van der Waals surface area contributed by atoms with Crippen molar-refractivity contribution in [3.05, 3.63) is 29.3 Å². The third kappa shape index (κ3) is 4.37. The van der Waals surface area contributed by atoms with Crippen LogP contribution in [0.4, 0.5) is 10.5 Å². The van der Waals surface area contributed by atoms with Crippen LogP contribution >= 0.6 is 0 Å². The van der Waals surface area contributed by atoms with E-state index in [0.29, 0.717) is 19.6 Å². The van der Waals surface area contributed by atoms with Gasteiger partial charge in [0, 0.05) is 51.0 Å². The van der Waals surface area contributed by atoms with E-state index in [-0.39, 0.29) is 18.0 Å². The summed E-state index contributed by atoms with van der Waals surface area (Å²) in [4.78, 5) is 31.3. The van der Waals surface area contributed by atoms with Gasteiger partial charge in [0.15, 0.2) is 0 Å². The fraction of sp³-hybridized carbons (Fsp3) is 0.619. The number of piperidine rings is 1. The first kappa shape index (κ1) is 19.5. The Morgan fingerprint density at radius 3 is 2.63 bits per heavy atom. The van der Waals surface area contributed by atoms with Gasteiger partial charge in [0.05, 0.1) is 0 Å². The number of hydrogen-bond acceptors (Lipinski definition) is 4. The Balaban J connectivity index is 1.71. The fourth-order valence-electron chi connectivity index (χ4n) is 3.82. The summed E-state index contributed by atoms with van der Waals surface area (Å²) in [5.41, 5.74) is 2.51. The van der Waals surface area contributed by atoms with Gasteiger partial charge in [-0.25, -0.2) is 4.79 Å². The molecule has 2 aliphatic rings. The second-order valence-corrected chi connectivity index (χ2v) is 8.71. The summed E-state index contributed by atoms with van der Waals surface area (Å²) in [5, 5.41) is 0. The predicted molar refractivity (Wildman–Crippen MR) is 106 cm³/mol.